The van der Waals surface area contributed by atoms with Gasteiger partial charge in [0.05, 0.1) is 19.3 Å². The number of hydrogen-bond acceptors (Lipinski definition) is 3. The maximum atomic E-state index is 5.42. The minimum Gasteiger partial charge on any atom is -0.496 e. The molecule has 0 spiro atoms. The number of ether oxygens (including phenoxy) is 1. The first kappa shape index (κ1) is 13.9. The zero-order valence-corrected chi connectivity index (χ0v) is 12.9. The summed E-state index contributed by atoms with van der Waals surface area (Å²) in [5, 5.41) is 3.40. The number of nitrogens with zero attached hydrogens (tertiary/aromatic N) is 1. The summed E-state index contributed by atoms with van der Waals surface area (Å²) < 4.78 is 6.28. The molecular weight excluding hydrogens is 304 g/mol. The lowest BCUT2D eigenvalue weighted by Gasteiger charge is -2.14. The lowest BCUT2D eigenvalue weighted by atomic mass is 10.1. The fourth-order valence-electron chi connectivity index (χ4n) is 2.07. The van der Waals surface area contributed by atoms with Crippen LogP contribution in [-0.4, -0.2) is 12.1 Å². The molecular formula is C15H17BrN2O. The SMILES string of the molecule is COc1c(C)ccc(NCc2cccc(Br)n2)c1C. The molecule has 2 aromatic rings. The molecule has 0 fully saturated rings. The second kappa shape index (κ2) is 6.06. The molecule has 1 N–H and O–H groups in total. The molecule has 1 aromatic carbocycles. The van der Waals surface area contributed by atoms with E-state index in [0.717, 1.165) is 32.9 Å². The fourth-order valence-corrected chi connectivity index (χ4v) is 2.45. The topological polar surface area (TPSA) is 34.1 Å². The molecule has 0 amide bonds. The van der Waals surface area contributed by atoms with E-state index in [1.165, 1.54) is 0 Å². The molecule has 0 unspecified atom stereocenters. The molecule has 0 aliphatic carbocycles. The Labute approximate surface area is 122 Å². The highest BCUT2D eigenvalue weighted by atomic mass is 79.9. The molecule has 0 saturated heterocycles. The monoisotopic (exact) mass is 320 g/mol. The van der Waals surface area contributed by atoms with Crippen LogP contribution in [0.3, 0.4) is 0 Å². The normalized spacial score (nSPS) is 10.3. The summed E-state index contributed by atoms with van der Waals surface area (Å²) in [7, 11) is 1.70. The number of rotatable bonds is 4. The molecule has 1 aromatic heterocycles. The standard InChI is InChI=1S/C15H17BrN2O/c1-10-7-8-13(11(2)15(10)19-3)17-9-12-5-4-6-14(16)18-12/h4-8,17H,9H2,1-3H3. The summed E-state index contributed by atoms with van der Waals surface area (Å²) >= 11 is 3.38. The summed E-state index contributed by atoms with van der Waals surface area (Å²) in [6.45, 7) is 4.79. The number of benzene rings is 1. The van der Waals surface area contributed by atoms with Crippen LogP contribution in [-0.2, 0) is 6.54 Å². The highest BCUT2D eigenvalue weighted by molar-refractivity contribution is 9.10. The number of aromatic nitrogens is 1. The molecule has 1 heterocycles. The Morgan fingerprint density at radius 3 is 2.68 bits per heavy atom. The van der Waals surface area contributed by atoms with Gasteiger partial charge >= 0.3 is 0 Å². The predicted molar refractivity (Wildman–Crippen MR) is 81.7 cm³/mol. The van der Waals surface area contributed by atoms with Crippen molar-refractivity contribution < 1.29 is 4.74 Å². The van der Waals surface area contributed by atoms with Gasteiger partial charge in [0.1, 0.15) is 10.4 Å². The molecule has 100 valence electrons. The van der Waals surface area contributed by atoms with E-state index in [4.69, 9.17) is 4.74 Å². The quantitative estimate of drug-likeness (QED) is 0.862. The molecule has 19 heavy (non-hydrogen) atoms. The third-order valence-corrected chi connectivity index (χ3v) is 3.48. The highest BCUT2D eigenvalue weighted by Crippen LogP contribution is 2.29. The van der Waals surface area contributed by atoms with E-state index in [2.05, 4.69) is 45.3 Å². The van der Waals surface area contributed by atoms with Crippen molar-refractivity contribution in [1.82, 2.24) is 4.98 Å². The lowest BCUT2D eigenvalue weighted by molar-refractivity contribution is 0.409. The Kier molecular flexibility index (Phi) is 4.43. The van der Waals surface area contributed by atoms with Crippen molar-refractivity contribution in [1.29, 1.82) is 0 Å². The first-order chi connectivity index (χ1) is 9.11. The van der Waals surface area contributed by atoms with Crippen molar-refractivity contribution in [2.24, 2.45) is 0 Å². The van der Waals surface area contributed by atoms with Crippen molar-refractivity contribution in [3.63, 3.8) is 0 Å². The van der Waals surface area contributed by atoms with Crippen molar-refractivity contribution in [2.45, 2.75) is 20.4 Å². The van der Waals surface area contributed by atoms with Gasteiger partial charge in [0.25, 0.3) is 0 Å². The van der Waals surface area contributed by atoms with Crippen LogP contribution in [0.15, 0.2) is 34.9 Å². The van der Waals surface area contributed by atoms with E-state index in [9.17, 15) is 0 Å². The number of pyridine rings is 1. The van der Waals surface area contributed by atoms with E-state index in [0.29, 0.717) is 6.54 Å². The first-order valence-corrected chi connectivity index (χ1v) is 6.90. The molecule has 0 radical (unpaired) electrons. The molecule has 0 saturated carbocycles. The average Bonchev–Trinajstić information content (AvgIpc) is 2.38. The zero-order valence-electron chi connectivity index (χ0n) is 11.3. The van der Waals surface area contributed by atoms with E-state index in [1.54, 1.807) is 7.11 Å². The third kappa shape index (κ3) is 3.26. The van der Waals surface area contributed by atoms with Crippen LogP contribution in [0.2, 0.25) is 0 Å². The van der Waals surface area contributed by atoms with Gasteiger partial charge in [-0.15, -0.1) is 0 Å². The Bertz CT molecular complexity index is 584. The van der Waals surface area contributed by atoms with Gasteiger partial charge in [0.2, 0.25) is 0 Å². The number of methoxy groups -OCH3 is 1. The number of aryl methyl sites for hydroxylation is 1. The van der Waals surface area contributed by atoms with Gasteiger partial charge in [-0.05, 0) is 53.5 Å². The van der Waals surface area contributed by atoms with Crippen molar-refractivity contribution in [2.75, 3.05) is 12.4 Å². The van der Waals surface area contributed by atoms with E-state index < -0.39 is 0 Å². The molecule has 0 atom stereocenters. The summed E-state index contributed by atoms with van der Waals surface area (Å²) in [6.07, 6.45) is 0. The lowest BCUT2D eigenvalue weighted by Crippen LogP contribution is -2.04. The van der Waals surface area contributed by atoms with Crippen LogP contribution in [0.4, 0.5) is 5.69 Å². The minimum atomic E-state index is 0.687. The van der Waals surface area contributed by atoms with Crippen molar-refractivity contribution >= 4 is 21.6 Å². The van der Waals surface area contributed by atoms with Crippen molar-refractivity contribution in [3.8, 4) is 5.75 Å². The Balaban J connectivity index is 2.16. The van der Waals surface area contributed by atoms with Crippen LogP contribution >= 0.6 is 15.9 Å². The maximum Gasteiger partial charge on any atom is 0.126 e. The second-order valence-corrected chi connectivity index (χ2v) is 5.21. The van der Waals surface area contributed by atoms with Gasteiger partial charge in [-0.2, -0.15) is 0 Å². The van der Waals surface area contributed by atoms with Gasteiger partial charge in [-0.1, -0.05) is 12.1 Å². The molecule has 2 rings (SSSR count). The molecule has 0 aliphatic rings. The van der Waals surface area contributed by atoms with Crippen LogP contribution in [0.1, 0.15) is 16.8 Å². The van der Waals surface area contributed by atoms with Crippen LogP contribution in [0.25, 0.3) is 0 Å². The fraction of sp³-hybridized carbons (Fsp3) is 0.267. The zero-order chi connectivity index (χ0) is 13.8. The number of nitrogens with one attached hydrogen (secondary N) is 1. The van der Waals surface area contributed by atoms with Crippen LogP contribution < -0.4 is 10.1 Å². The minimum absolute atomic E-state index is 0.687. The summed E-state index contributed by atoms with van der Waals surface area (Å²) in [6, 6.07) is 10.0. The maximum absolute atomic E-state index is 5.42. The van der Waals surface area contributed by atoms with Gasteiger partial charge in [-0.3, -0.25) is 0 Å². The largest absolute Gasteiger partial charge is 0.496 e. The summed E-state index contributed by atoms with van der Waals surface area (Å²) in [5.74, 6) is 0.937. The molecule has 4 heteroatoms. The average molecular weight is 321 g/mol. The second-order valence-electron chi connectivity index (χ2n) is 4.39. The van der Waals surface area contributed by atoms with Gasteiger partial charge in [0, 0.05) is 11.3 Å². The molecule has 0 aliphatic heterocycles. The smallest absolute Gasteiger partial charge is 0.126 e. The van der Waals surface area contributed by atoms with Crippen LogP contribution in [0, 0.1) is 13.8 Å². The van der Waals surface area contributed by atoms with Crippen molar-refractivity contribution in [3.05, 3.63) is 51.8 Å². The summed E-state index contributed by atoms with van der Waals surface area (Å²) in [5.41, 5.74) is 4.33. The third-order valence-electron chi connectivity index (χ3n) is 3.04. The Morgan fingerprint density at radius 1 is 1.21 bits per heavy atom. The van der Waals surface area contributed by atoms with Crippen LogP contribution in [0.5, 0.6) is 5.75 Å². The van der Waals surface area contributed by atoms with Gasteiger partial charge in [-0.25, -0.2) is 4.98 Å². The predicted octanol–water partition coefficient (Wildman–Crippen LogP) is 4.08. The molecule has 3 nitrogen and oxygen atoms in total. The van der Waals surface area contributed by atoms with Gasteiger partial charge < -0.3 is 10.1 Å². The Hall–Kier alpha value is -1.55. The number of hydrogen-bond donors (Lipinski definition) is 1. The van der Waals surface area contributed by atoms with E-state index >= 15 is 0 Å². The number of halogens is 1. The van der Waals surface area contributed by atoms with Gasteiger partial charge in [0.15, 0.2) is 0 Å². The molecule has 0 bridgehead atoms. The Morgan fingerprint density at radius 2 is 2.00 bits per heavy atom. The van der Waals surface area contributed by atoms with E-state index in [1.807, 2.05) is 25.1 Å². The highest BCUT2D eigenvalue weighted by Gasteiger charge is 2.07. The first-order valence-electron chi connectivity index (χ1n) is 6.11. The van der Waals surface area contributed by atoms with E-state index in [-0.39, 0.29) is 0 Å². The number of anilines is 1. The summed E-state index contributed by atoms with van der Waals surface area (Å²) in [4.78, 5) is 4.40.